The number of hydrogen-bond donors (Lipinski definition) is 5. The summed E-state index contributed by atoms with van der Waals surface area (Å²) in [7, 11) is 0. The van der Waals surface area contributed by atoms with E-state index in [1.54, 1.807) is 19.2 Å². The number of carboxylic acid groups (broad SMARTS) is 2. The number of rotatable bonds is 4. The van der Waals surface area contributed by atoms with Crippen LogP contribution in [0.3, 0.4) is 0 Å². The van der Waals surface area contributed by atoms with Crippen molar-refractivity contribution in [3.05, 3.63) is 69.2 Å². The number of aliphatic carboxylic acids is 2. The van der Waals surface area contributed by atoms with Gasteiger partial charge in [-0.1, -0.05) is 11.8 Å². The number of aromatic amines is 1. The number of anilines is 1. The second kappa shape index (κ2) is 15.5. The molecule has 0 atom stereocenters. The van der Waals surface area contributed by atoms with Crippen LogP contribution in [0.15, 0.2) is 41.0 Å². The fourth-order valence-electron chi connectivity index (χ4n) is 3.18. The predicted octanol–water partition coefficient (Wildman–Crippen LogP) is 2.78. The number of nitrogens with two attached hydrogens (primary N) is 1. The largest absolute Gasteiger partial charge is 0.490 e. The monoisotopic (exact) mass is 667 g/mol. The minimum atomic E-state index is -5.08. The standard InChI is InChI=1S/C21H19F2N7O2.2C2HF3O2/c1-12-6-13(2-3-14-7-16-20(27-11-14)32-5-4-25-16)10-26-19(12)30-17(28-29-21(30)31)8-15(9-24)18(22)23;2*3-2(4,5)1(6)7/h6-7,10-11,25H,4-5,8-9,24H2,1H3,(H,29,31);2*(H,6,7). The fourth-order valence-corrected chi connectivity index (χ4v) is 3.18. The van der Waals surface area contributed by atoms with Crippen molar-refractivity contribution < 1.29 is 59.7 Å². The van der Waals surface area contributed by atoms with E-state index in [0.29, 0.717) is 35.7 Å². The number of halogens is 8. The van der Waals surface area contributed by atoms with E-state index < -0.39 is 36.1 Å². The zero-order valence-electron chi connectivity index (χ0n) is 23.1. The van der Waals surface area contributed by atoms with E-state index in [-0.39, 0.29) is 30.2 Å². The molecule has 3 aromatic rings. The van der Waals surface area contributed by atoms with E-state index in [1.807, 2.05) is 6.07 Å². The van der Waals surface area contributed by atoms with Gasteiger partial charge in [0.05, 0.1) is 5.69 Å². The van der Waals surface area contributed by atoms with Crippen LogP contribution in [0.5, 0.6) is 5.88 Å². The van der Waals surface area contributed by atoms with E-state index in [0.717, 1.165) is 10.3 Å². The number of H-pyrrole nitrogens is 1. The molecule has 0 aliphatic carbocycles. The highest BCUT2D eigenvalue weighted by atomic mass is 19.4. The Kier molecular flexibility index (Phi) is 12.3. The normalized spacial score (nSPS) is 11.9. The smallest absolute Gasteiger partial charge is 0.475 e. The molecule has 0 aromatic carbocycles. The Morgan fingerprint density at radius 2 is 1.57 bits per heavy atom. The number of carbonyl (C=O) groups is 2. The Bertz CT molecular complexity index is 1690. The summed E-state index contributed by atoms with van der Waals surface area (Å²) in [5.41, 5.74) is 7.22. The third kappa shape index (κ3) is 10.6. The molecule has 0 bridgehead atoms. The van der Waals surface area contributed by atoms with E-state index in [9.17, 15) is 39.9 Å². The first-order chi connectivity index (χ1) is 21.3. The van der Waals surface area contributed by atoms with Crippen LogP contribution in [-0.2, 0) is 16.0 Å². The molecule has 0 saturated heterocycles. The summed E-state index contributed by atoms with van der Waals surface area (Å²) in [5.74, 6) is 1.43. The fraction of sp³-hybridized carbons (Fsp3) is 0.280. The Morgan fingerprint density at radius 3 is 2.07 bits per heavy atom. The Labute approximate surface area is 251 Å². The molecule has 248 valence electrons. The highest BCUT2D eigenvalue weighted by molar-refractivity contribution is 5.73. The number of carboxylic acids is 2. The van der Waals surface area contributed by atoms with Gasteiger partial charge in [-0.3, -0.25) is 0 Å². The summed E-state index contributed by atoms with van der Waals surface area (Å²) in [5, 5.41) is 23.6. The molecule has 4 rings (SSSR count). The molecule has 46 heavy (non-hydrogen) atoms. The van der Waals surface area contributed by atoms with Gasteiger partial charge in [0.25, 0.3) is 6.08 Å². The van der Waals surface area contributed by atoms with Crippen LogP contribution in [-0.4, -0.2) is 78.9 Å². The van der Waals surface area contributed by atoms with Gasteiger partial charge < -0.3 is 26.0 Å². The molecular formula is C25H21F8N7O6. The number of alkyl halides is 6. The van der Waals surface area contributed by atoms with Crippen LogP contribution in [0.25, 0.3) is 5.82 Å². The number of pyridine rings is 2. The highest BCUT2D eigenvalue weighted by Gasteiger charge is 2.38. The molecule has 0 radical (unpaired) electrons. The van der Waals surface area contributed by atoms with Gasteiger partial charge in [-0.25, -0.2) is 34.0 Å². The zero-order valence-corrected chi connectivity index (χ0v) is 23.1. The van der Waals surface area contributed by atoms with Crippen LogP contribution in [0, 0.1) is 18.8 Å². The lowest BCUT2D eigenvalue weighted by Crippen LogP contribution is -2.21. The van der Waals surface area contributed by atoms with Crippen molar-refractivity contribution >= 4 is 17.6 Å². The summed E-state index contributed by atoms with van der Waals surface area (Å²) >= 11 is 0. The summed E-state index contributed by atoms with van der Waals surface area (Å²) < 4.78 is 96.1. The first-order valence-electron chi connectivity index (χ1n) is 12.2. The van der Waals surface area contributed by atoms with Gasteiger partial charge in [0.1, 0.15) is 18.2 Å². The van der Waals surface area contributed by atoms with Gasteiger partial charge in [-0.15, -0.1) is 0 Å². The molecule has 4 heterocycles. The van der Waals surface area contributed by atoms with Crippen molar-refractivity contribution in [2.75, 3.05) is 25.0 Å². The van der Waals surface area contributed by atoms with Crippen LogP contribution < -0.4 is 21.5 Å². The second-order valence-electron chi connectivity index (χ2n) is 8.60. The number of fused-ring (bicyclic) bond motifs is 1. The lowest BCUT2D eigenvalue weighted by atomic mass is 10.1. The van der Waals surface area contributed by atoms with E-state index >= 15 is 0 Å². The average molecular weight is 667 g/mol. The molecule has 13 nitrogen and oxygen atoms in total. The van der Waals surface area contributed by atoms with Crippen molar-refractivity contribution in [1.82, 2.24) is 24.7 Å². The highest BCUT2D eigenvalue weighted by Crippen LogP contribution is 2.24. The Hall–Kier alpha value is -5.52. The molecule has 1 aliphatic heterocycles. The molecule has 0 amide bonds. The van der Waals surface area contributed by atoms with E-state index in [2.05, 4.69) is 37.3 Å². The topological polar surface area (TPSA) is 198 Å². The molecule has 3 aromatic heterocycles. The molecule has 21 heteroatoms. The summed E-state index contributed by atoms with van der Waals surface area (Å²) in [6.45, 7) is 2.67. The first-order valence-corrected chi connectivity index (χ1v) is 12.2. The SMILES string of the molecule is Cc1cc(C#Cc2cnc3c(c2)NCCO3)cnc1-n1c(CC(CN)=C(F)F)n[nH]c1=O.O=C(O)C(F)(F)F.O=C(O)C(F)(F)F. The lowest BCUT2D eigenvalue weighted by molar-refractivity contribution is -0.193. The van der Waals surface area contributed by atoms with Crippen molar-refractivity contribution in [2.45, 2.75) is 25.7 Å². The van der Waals surface area contributed by atoms with Gasteiger partial charge in [0.15, 0.2) is 0 Å². The zero-order chi connectivity index (χ0) is 34.8. The molecule has 0 saturated carbocycles. The molecule has 6 N–H and O–H groups in total. The van der Waals surface area contributed by atoms with Crippen LogP contribution in [0.1, 0.15) is 22.5 Å². The van der Waals surface area contributed by atoms with Crippen LogP contribution in [0.2, 0.25) is 0 Å². The Morgan fingerprint density at radius 1 is 1.02 bits per heavy atom. The summed E-state index contributed by atoms with van der Waals surface area (Å²) in [6.07, 6.45) is -9.20. The number of aromatic nitrogens is 5. The van der Waals surface area contributed by atoms with E-state index in [4.69, 9.17) is 30.3 Å². The predicted molar refractivity (Wildman–Crippen MR) is 140 cm³/mol. The third-order valence-electron chi connectivity index (χ3n) is 5.23. The number of nitrogens with zero attached hydrogens (tertiary/aromatic N) is 4. The number of aryl methyl sites for hydroxylation is 1. The van der Waals surface area contributed by atoms with Crippen molar-refractivity contribution in [3.63, 3.8) is 0 Å². The molecule has 1 aliphatic rings. The maximum atomic E-state index is 13.0. The average Bonchev–Trinajstić information content (AvgIpc) is 3.33. The molecule has 0 spiro atoms. The van der Waals surface area contributed by atoms with Gasteiger partial charge >= 0.3 is 30.0 Å². The maximum Gasteiger partial charge on any atom is 0.490 e. The van der Waals surface area contributed by atoms with Gasteiger partial charge in [-0.2, -0.15) is 40.2 Å². The van der Waals surface area contributed by atoms with Gasteiger partial charge in [0.2, 0.25) is 5.88 Å². The number of hydrogen-bond acceptors (Lipinski definition) is 9. The number of nitrogens with one attached hydrogen (secondary N) is 2. The molecule has 0 unspecified atom stereocenters. The molecular weight excluding hydrogens is 646 g/mol. The molecule has 0 fully saturated rings. The summed E-state index contributed by atoms with van der Waals surface area (Å²) in [4.78, 5) is 38.6. The van der Waals surface area contributed by atoms with Gasteiger partial charge in [0, 0.05) is 48.6 Å². The lowest BCUT2D eigenvalue weighted by Gasteiger charge is -2.17. The van der Waals surface area contributed by atoms with Crippen LogP contribution in [0.4, 0.5) is 40.8 Å². The minimum Gasteiger partial charge on any atom is -0.475 e. The second-order valence-corrected chi connectivity index (χ2v) is 8.60. The quantitative estimate of drug-likeness (QED) is 0.203. The van der Waals surface area contributed by atoms with Crippen molar-refractivity contribution in [3.8, 4) is 23.5 Å². The number of ether oxygens (including phenoxy) is 1. The maximum absolute atomic E-state index is 13.0. The third-order valence-corrected chi connectivity index (χ3v) is 5.23. The van der Waals surface area contributed by atoms with Crippen LogP contribution >= 0.6 is 0 Å². The first kappa shape index (κ1) is 36.7. The minimum absolute atomic E-state index is 0.0903. The van der Waals surface area contributed by atoms with Crippen molar-refractivity contribution in [2.24, 2.45) is 5.73 Å². The van der Waals surface area contributed by atoms with E-state index in [1.165, 1.54) is 6.20 Å². The Balaban J connectivity index is 0.000000440. The van der Waals surface area contributed by atoms with Crippen molar-refractivity contribution in [1.29, 1.82) is 0 Å². The summed E-state index contributed by atoms with van der Waals surface area (Å²) in [6, 6.07) is 3.61. The van der Waals surface area contributed by atoms with Gasteiger partial charge in [-0.05, 0) is 24.6 Å².